The van der Waals surface area contributed by atoms with Crippen molar-refractivity contribution in [2.24, 2.45) is 0 Å². The molecule has 1 fully saturated rings. The van der Waals surface area contributed by atoms with E-state index in [1.165, 1.54) is 30.4 Å². The van der Waals surface area contributed by atoms with Gasteiger partial charge in [0.15, 0.2) is 5.43 Å². The van der Waals surface area contributed by atoms with Crippen LogP contribution in [0.3, 0.4) is 0 Å². The standard InChI is InChI=1S/C12H15N3O3/c1-15(7-11(17)14-8-2-3-8)12(18)9-6-13-5-4-10(9)16/h4-6,8H,2-3,7H2,1H3,(H,13,16)(H,14,17). The van der Waals surface area contributed by atoms with Gasteiger partial charge in [-0.15, -0.1) is 0 Å². The lowest BCUT2D eigenvalue weighted by Gasteiger charge is -2.16. The molecule has 0 spiro atoms. The van der Waals surface area contributed by atoms with Gasteiger partial charge in [-0.05, 0) is 12.8 Å². The topological polar surface area (TPSA) is 82.3 Å². The number of nitrogens with zero attached hydrogens (tertiary/aromatic N) is 1. The van der Waals surface area contributed by atoms with Crippen molar-refractivity contribution in [2.45, 2.75) is 18.9 Å². The number of amides is 2. The minimum Gasteiger partial charge on any atom is -0.367 e. The molecule has 0 atom stereocenters. The third-order valence-corrected chi connectivity index (χ3v) is 2.72. The number of aromatic nitrogens is 1. The number of H-pyrrole nitrogens is 1. The second-order valence-corrected chi connectivity index (χ2v) is 4.43. The minimum atomic E-state index is -0.456. The molecule has 1 aliphatic carbocycles. The molecule has 1 heterocycles. The summed E-state index contributed by atoms with van der Waals surface area (Å²) in [6.45, 7) is -0.0380. The Hall–Kier alpha value is -2.11. The molecule has 0 aromatic carbocycles. The molecule has 1 aliphatic rings. The van der Waals surface area contributed by atoms with E-state index >= 15 is 0 Å². The van der Waals surface area contributed by atoms with E-state index in [2.05, 4.69) is 10.3 Å². The molecule has 18 heavy (non-hydrogen) atoms. The first-order chi connectivity index (χ1) is 8.58. The van der Waals surface area contributed by atoms with Gasteiger partial charge in [0.25, 0.3) is 5.91 Å². The molecule has 0 radical (unpaired) electrons. The predicted octanol–water partition coefficient (Wildman–Crippen LogP) is -0.275. The van der Waals surface area contributed by atoms with E-state index in [1.807, 2.05) is 0 Å². The van der Waals surface area contributed by atoms with Gasteiger partial charge >= 0.3 is 0 Å². The van der Waals surface area contributed by atoms with Crippen LogP contribution in [0, 0.1) is 0 Å². The zero-order valence-corrected chi connectivity index (χ0v) is 10.1. The second kappa shape index (κ2) is 5.03. The Balaban J connectivity index is 1.97. The van der Waals surface area contributed by atoms with Crippen LogP contribution in [0.5, 0.6) is 0 Å². The van der Waals surface area contributed by atoms with E-state index in [4.69, 9.17) is 0 Å². The molecule has 96 valence electrons. The molecular weight excluding hydrogens is 234 g/mol. The molecule has 0 saturated heterocycles. The van der Waals surface area contributed by atoms with Crippen LogP contribution in [0.25, 0.3) is 0 Å². The fourth-order valence-corrected chi connectivity index (χ4v) is 1.58. The molecule has 0 aliphatic heterocycles. The summed E-state index contributed by atoms with van der Waals surface area (Å²) < 4.78 is 0. The zero-order valence-electron chi connectivity index (χ0n) is 10.1. The highest BCUT2D eigenvalue weighted by molar-refractivity contribution is 5.96. The summed E-state index contributed by atoms with van der Waals surface area (Å²) in [7, 11) is 1.50. The van der Waals surface area contributed by atoms with Crippen LogP contribution >= 0.6 is 0 Å². The van der Waals surface area contributed by atoms with Crippen molar-refractivity contribution in [3.8, 4) is 0 Å². The molecule has 1 aromatic heterocycles. The Kier molecular flexibility index (Phi) is 3.45. The van der Waals surface area contributed by atoms with E-state index in [1.54, 1.807) is 0 Å². The highest BCUT2D eigenvalue weighted by atomic mass is 16.2. The van der Waals surface area contributed by atoms with Crippen molar-refractivity contribution in [3.63, 3.8) is 0 Å². The van der Waals surface area contributed by atoms with Crippen LogP contribution in [-0.2, 0) is 4.79 Å². The molecule has 2 rings (SSSR count). The Morgan fingerprint density at radius 2 is 2.22 bits per heavy atom. The highest BCUT2D eigenvalue weighted by Crippen LogP contribution is 2.18. The largest absolute Gasteiger partial charge is 0.367 e. The normalized spacial score (nSPS) is 14.1. The number of carbonyl (C=O) groups is 2. The van der Waals surface area contributed by atoms with Crippen molar-refractivity contribution >= 4 is 11.8 Å². The number of rotatable bonds is 4. The van der Waals surface area contributed by atoms with Gasteiger partial charge in [0.2, 0.25) is 5.91 Å². The van der Waals surface area contributed by atoms with Crippen LogP contribution in [-0.4, -0.2) is 41.3 Å². The molecule has 2 amide bonds. The van der Waals surface area contributed by atoms with E-state index in [9.17, 15) is 14.4 Å². The molecule has 2 N–H and O–H groups in total. The SMILES string of the molecule is CN(CC(=O)NC1CC1)C(=O)c1c[nH]ccc1=O. The maximum absolute atomic E-state index is 11.9. The number of likely N-dealkylation sites (N-methyl/N-ethyl adjacent to an activating group) is 1. The average molecular weight is 249 g/mol. The van der Waals surface area contributed by atoms with Crippen molar-refractivity contribution in [1.29, 1.82) is 0 Å². The maximum Gasteiger partial charge on any atom is 0.259 e. The molecule has 6 heteroatoms. The van der Waals surface area contributed by atoms with Gasteiger partial charge in [-0.1, -0.05) is 0 Å². The molecule has 0 bridgehead atoms. The Morgan fingerprint density at radius 1 is 1.50 bits per heavy atom. The number of hydrogen-bond acceptors (Lipinski definition) is 3. The van der Waals surface area contributed by atoms with Crippen LogP contribution in [0.4, 0.5) is 0 Å². The summed E-state index contributed by atoms with van der Waals surface area (Å²) in [5, 5.41) is 2.79. The van der Waals surface area contributed by atoms with Crippen LogP contribution in [0.1, 0.15) is 23.2 Å². The summed E-state index contributed by atoms with van der Waals surface area (Å²) in [6, 6.07) is 1.55. The first kappa shape index (κ1) is 12.3. The van der Waals surface area contributed by atoms with E-state index < -0.39 is 5.91 Å². The number of hydrogen-bond donors (Lipinski definition) is 2. The fraction of sp³-hybridized carbons (Fsp3) is 0.417. The number of aromatic amines is 1. The third kappa shape index (κ3) is 2.97. The van der Waals surface area contributed by atoms with Crippen LogP contribution in [0.2, 0.25) is 0 Å². The van der Waals surface area contributed by atoms with Gasteiger partial charge < -0.3 is 15.2 Å². The summed E-state index contributed by atoms with van der Waals surface area (Å²) in [4.78, 5) is 38.9. The maximum atomic E-state index is 11.9. The van der Waals surface area contributed by atoms with Crippen molar-refractivity contribution in [1.82, 2.24) is 15.2 Å². The van der Waals surface area contributed by atoms with Crippen molar-refractivity contribution in [2.75, 3.05) is 13.6 Å². The summed E-state index contributed by atoms with van der Waals surface area (Å²) in [5.74, 6) is -0.650. The quantitative estimate of drug-likeness (QED) is 0.770. The molecule has 1 saturated carbocycles. The minimum absolute atomic E-state index is 0.0380. The molecule has 1 aromatic rings. The predicted molar refractivity (Wildman–Crippen MR) is 65.2 cm³/mol. The van der Waals surface area contributed by atoms with Gasteiger partial charge in [-0.3, -0.25) is 14.4 Å². The van der Waals surface area contributed by atoms with Gasteiger partial charge in [-0.25, -0.2) is 0 Å². The monoisotopic (exact) mass is 249 g/mol. The summed E-state index contributed by atoms with van der Waals surface area (Å²) >= 11 is 0. The lowest BCUT2D eigenvalue weighted by molar-refractivity contribution is -0.121. The number of carbonyl (C=O) groups excluding carboxylic acids is 2. The Morgan fingerprint density at radius 3 is 2.83 bits per heavy atom. The molecular formula is C12H15N3O3. The third-order valence-electron chi connectivity index (χ3n) is 2.72. The van der Waals surface area contributed by atoms with Gasteiger partial charge in [-0.2, -0.15) is 0 Å². The Bertz CT molecular complexity index is 519. The van der Waals surface area contributed by atoms with Crippen LogP contribution in [0.15, 0.2) is 23.3 Å². The molecule has 6 nitrogen and oxygen atoms in total. The van der Waals surface area contributed by atoms with E-state index in [-0.39, 0.29) is 29.5 Å². The lowest BCUT2D eigenvalue weighted by atomic mass is 10.2. The van der Waals surface area contributed by atoms with Gasteiger partial charge in [0.1, 0.15) is 5.56 Å². The van der Waals surface area contributed by atoms with Crippen molar-refractivity contribution < 1.29 is 9.59 Å². The fourth-order valence-electron chi connectivity index (χ4n) is 1.58. The molecule has 0 unspecified atom stereocenters. The van der Waals surface area contributed by atoms with Gasteiger partial charge in [0.05, 0.1) is 6.54 Å². The smallest absolute Gasteiger partial charge is 0.259 e. The van der Waals surface area contributed by atoms with E-state index in [0.717, 1.165) is 12.8 Å². The zero-order chi connectivity index (χ0) is 13.1. The first-order valence-corrected chi connectivity index (χ1v) is 5.80. The van der Waals surface area contributed by atoms with E-state index in [0.29, 0.717) is 0 Å². The lowest BCUT2D eigenvalue weighted by Crippen LogP contribution is -2.40. The average Bonchev–Trinajstić information content (AvgIpc) is 3.12. The summed E-state index contributed by atoms with van der Waals surface area (Å²) in [5.41, 5.74) is -0.313. The highest BCUT2D eigenvalue weighted by Gasteiger charge is 2.24. The number of pyridine rings is 1. The number of nitrogens with one attached hydrogen (secondary N) is 2. The Labute approximate surface area is 104 Å². The van der Waals surface area contributed by atoms with Crippen LogP contribution < -0.4 is 10.7 Å². The first-order valence-electron chi connectivity index (χ1n) is 5.80. The summed E-state index contributed by atoms with van der Waals surface area (Å²) in [6.07, 6.45) is 4.81. The van der Waals surface area contributed by atoms with Crippen molar-refractivity contribution in [3.05, 3.63) is 34.2 Å². The van der Waals surface area contributed by atoms with Gasteiger partial charge in [0, 0.05) is 31.5 Å². The second-order valence-electron chi connectivity index (χ2n) is 4.43.